The molecular weight excluding hydrogens is 286 g/mol. The number of carbonyl (C=O) groups is 2. The molecule has 0 unspecified atom stereocenters. The van der Waals surface area contributed by atoms with Gasteiger partial charge in [-0.2, -0.15) is 0 Å². The highest BCUT2D eigenvalue weighted by Gasteiger charge is 2.18. The molecule has 1 aromatic rings. The summed E-state index contributed by atoms with van der Waals surface area (Å²) in [4.78, 5) is 28.4. The number of thiazole rings is 1. The van der Waals surface area contributed by atoms with Gasteiger partial charge < -0.3 is 9.94 Å². The van der Waals surface area contributed by atoms with Crippen molar-refractivity contribution in [2.24, 2.45) is 5.16 Å². The molecule has 1 aromatic heterocycles. The summed E-state index contributed by atoms with van der Waals surface area (Å²) in [6.07, 6.45) is 0.926. The second-order valence-electron chi connectivity index (χ2n) is 2.86. The highest BCUT2D eigenvalue weighted by molar-refractivity contribution is 7.92. The molecular formula is C7H7N3O6S2. The fourth-order valence-electron chi connectivity index (χ4n) is 0.858. The van der Waals surface area contributed by atoms with Crippen LogP contribution in [0.3, 0.4) is 0 Å². The van der Waals surface area contributed by atoms with Crippen LogP contribution < -0.4 is 4.72 Å². The lowest BCUT2D eigenvalue weighted by atomic mass is 10.3. The minimum atomic E-state index is -3.50. The fourth-order valence-corrected chi connectivity index (χ4v) is 2.41. The Morgan fingerprint density at radius 2 is 2.33 bits per heavy atom. The van der Waals surface area contributed by atoms with Crippen LogP contribution in [0, 0.1) is 0 Å². The third-order valence-electron chi connectivity index (χ3n) is 1.41. The summed E-state index contributed by atoms with van der Waals surface area (Å²) in [5.74, 6) is -1.46. The number of rotatable bonds is 6. The summed E-state index contributed by atoms with van der Waals surface area (Å²) >= 11 is 0.866. The van der Waals surface area contributed by atoms with Gasteiger partial charge in [0.15, 0.2) is 5.13 Å². The van der Waals surface area contributed by atoms with Crippen LogP contribution in [0.1, 0.15) is 5.69 Å². The molecule has 1 rings (SSSR count). The minimum Gasteiger partial charge on any atom is -0.476 e. The van der Waals surface area contributed by atoms with Crippen molar-refractivity contribution < 1.29 is 28.0 Å². The van der Waals surface area contributed by atoms with E-state index in [1.54, 1.807) is 0 Å². The molecule has 0 aliphatic rings. The van der Waals surface area contributed by atoms with Gasteiger partial charge in [0.05, 0.1) is 6.26 Å². The molecule has 0 saturated carbocycles. The predicted molar refractivity (Wildman–Crippen MR) is 61.9 cm³/mol. The van der Waals surface area contributed by atoms with Crippen LogP contribution in [0.4, 0.5) is 5.13 Å². The Bertz CT molecular complexity index is 590. The minimum absolute atomic E-state index is 0.0208. The predicted octanol–water partition coefficient (Wildman–Crippen LogP) is -0.524. The zero-order valence-electron chi connectivity index (χ0n) is 8.85. The number of sulfonamides is 1. The Morgan fingerprint density at radius 1 is 1.67 bits per heavy atom. The molecule has 0 bridgehead atoms. The zero-order valence-corrected chi connectivity index (χ0v) is 10.5. The van der Waals surface area contributed by atoms with E-state index in [0.717, 1.165) is 17.6 Å². The van der Waals surface area contributed by atoms with E-state index in [9.17, 15) is 18.0 Å². The Kier molecular flexibility index (Phi) is 4.33. The van der Waals surface area contributed by atoms with Gasteiger partial charge in [-0.25, -0.2) is 18.2 Å². The molecule has 0 aliphatic carbocycles. The van der Waals surface area contributed by atoms with Crippen LogP contribution >= 0.6 is 11.3 Å². The average molecular weight is 293 g/mol. The van der Waals surface area contributed by atoms with Gasteiger partial charge in [0.2, 0.25) is 15.7 Å². The SMILES string of the molecule is CS(=O)(=O)Nc1nc(C(=NOC=O)C(=O)O)cs1. The zero-order chi connectivity index (χ0) is 13.8. The van der Waals surface area contributed by atoms with Crippen LogP contribution in [0.2, 0.25) is 0 Å². The first-order valence-electron chi connectivity index (χ1n) is 4.18. The first kappa shape index (κ1) is 14.1. The Balaban J connectivity index is 3.02. The molecule has 18 heavy (non-hydrogen) atoms. The number of nitrogens with one attached hydrogen (secondary N) is 1. The maximum atomic E-state index is 10.9. The van der Waals surface area contributed by atoms with E-state index in [0.29, 0.717) is 0 Å². The number of aromatic nitrogens is 1. The Morgan fingerprint density at radius 3 is 2.83 bits per heavy atom. The van der Waals surface area contributed by atoms with Gasteiger partial charge in [0.1, 0.15) is 5.69 Å². The number of nitrogens with zero attached hydrogens (tertiary/aromatic N) is 2. The van der Waals surface area contributed by atoms with E-state index in [4.69, 9.17) is 5.11 Å². The van der Waals surface area contributed by atoms with Gasteiger partial charge in [0, 0.05) is 5.38 Å². The lowest BCUT2D eigenvalue weighted by Crippen LogP contribution is -2.16. The highest BCUT2D eigenvalue weighted by atomic mass is 32.2. The topological polar surface area (TPSA) is 135 Å². The van der Waals surface area contributed by atoms with E-state index < -0.39 is 21.7 Å². The number of hydrogen-bond acceptors (Lipinski definition) is 8. The highest BCUT2D eigenvalue weighted by Crippen LogP contribution is 2.17. The second-order valence-corrected chi connectivity index (χ2v) is 5.47. The number of carboxylic acid groups (broad SMARTS) is 1. The number of carbonyl (C=O) groups excluding carboxylic acids is 1. The number of aliphatic carboxylic acids is 1. The van der Waals surface area contributed by atoms with E-state index in [2.05, 4.69) is 19.7 Å². The third-order valence-corrected chi connectivity index (χ3v) is 2.86. The monoisotopic (exact) mass is 293 g/mol. The molecule has 0 saturated heterocycles. The Labute approximate surface area is 105 Å². The number of oxime groups is 1. The van der Waals surface area contributed by atoms with Crippen molar-refractivity contribution in [2.75, 3.05) is 11.0 Å². The quantitative estimate of drug-likeness (QED) is 0.311. The van der Waals surface area contributed by atoms with Gasteiger partial charge >= 0.3 is 12.4 Å². The second kappa shape index (κ2) is 5.55. The molecule has 1 heterocycles. The lowest BCUT2D eigenvalue weighted by molar-refractivity contribution is -0.130. The smallest absolute Gasteiger partial charge is 0.360 e. The summed E-state index contributed by atoms with van der Waals surface area (Å²) < 4.78 is 23.9. The van der Waals surface area contributed by atoms with Gasteiger partial charge in [-0.05, 0) is 0 Å². The van der Waals surface area contributed by atoms with Crippen molar-refractivity contribution in [3.8, 4) is 0 Å². The summed E-state index contributed by atoms with van der Waals surface area (Å²) in [6.45, 7) is -0.0506. The van der Waals surface area contributed by atoms with Crippen molar-refractivity contribution in [1.29, 1.82) is 0 Å². The van der Waals surface area contributed by atoms with E-state index in [-0.39, 0.29) is 17.3 Å². The summed E-state index contributed by atoms with van der Waals surface area (Å²) in [7, 11) is -3.50. The number of hydrogen-bond donors (Lipinski definition) is 2. The molecule has 0 radical (unpaired) electrons. The lowest BCUT2D eigenvalue weighted by Gasteiger charge is -1.97. The molecule has 9 nitrogen and oxygen atoms in total. The van der Waals surface area contributed by atoms with Gasteiger partial charge in [-0.1, -0.05) is 5.16 Å². The van der Waals surface area contributed by atoms with Crippen molar-refractivity contribution in [3.63, 3.8) is 0 Å². The number of anilines is 1. The first-order valence-corrected chi connectivity index (χ1v) is 6.95. The van der Waals surface area contributed by atoms with Gasteiger partial charge in [-0.3, -0.25) is 9.52 Å². The van der Waals surface area contributed by atoms with Gasteiger partial charge in [0.25, 0.3) is 0 Å². The molecule has 2 N–H and O–H groups in total. The molecule has 0 aromatic carbocycles. The molecule has 0 atom stereocenters. The first-order chi connectivity index (χ1) is 8.33. The molecule has 0 fully saturated rings. The molecule has 98 valence electrons. The summed E-state index contributed by atoms with van der Waals surface area (Å²) in [5.41, 5.74) is -0.736. The normalized spacial score (nSPS) is 11.9. The largest absolute Gasteiger partial charge is 0.476 e. The van der Waals surface area contributed by atoms with Crippen LogP contribution in [0.5, 0.6) is 0 Å². The van der Waals surface area contributed by atoms with E-state index in [1.807, 2.05) is 0 Å². The van der Waals surface area contributed by atoms with Crippen molar-refractivity contribution >= 4 is 44.6 Å². The standard InChI is InChI=1S/C7H7N3O6S2/c1-18(14,15)10-7-8-4(2-17-7)5(6(12)13)9-16-3-11/h2-3H,1H3,(H,8,10)(H,12,13). The van der Waals surface area contributed by atoms with Crippen molar-refractivity contribution in [1.82, 2.24) is 4.98 Å². The molecule has 0 aliphatic heterocycles. The van der Waals surface area contributed by atoms with E-state index >= 15 is 0 Å². The molecule has 0 amide bonds. The van der Waals surface area contributed by atoms with Crippen LogP contribution in [0.15, 0.2) is 10.5 Å². The molecule has 11 heteroatoms. The van der Waals surface area contributed by atoms with Gasteiger partial charge in [-0.15, -0.1) is 11.3 Å². The maximum Gasteiger partial charge on any atom is 0.360 e. The van der Waals surface area contributed by atoms with Crippen molar-refractivity contribution in [3.05, 3.63) is 11.1 Å². The van der Waals surface area contributed by atoms with Crippen LogP contribution in [-0.2, 0) is 24.4 Å². The summed E-state index contributed by atoms with van der Waals surface area (Å²) in [6, 6.07) is 0. The number of carboxylic acids is 1. The average Bonchev–Trinajstić information content (AvgIpc) is 2.63. The van der Waals surface area contributed by atoms with E-state index in [1.165, 1.54) is 5.38 Å². The maximum absolute atomic E-state index is 10.9. The summed E-state index contributed by atoms with van der Waals surface area (Å²) in [5, 5.41) is 13.1. The van der Waals surface area contributed by atoms with Crippen LogP contribution in [0.25, 0.3) is 0 Å². The third kappa shape index (κ3) is 4.10. The fraction of sp³-hybridized carbons (Fsp3) is 0.143. The van der Waals surface area contributed by atoms with Crippen LogP contribution in [-0.4, -0.2) is 42.9 Å². The Hall–Kier alpha value is -2.01. The molecule has 0 spiro atoms. The van der Waals surface area contributed by atoms with Crippen molar-refractivity contribution in [2.45, 2.75) is 0 Å².